The van der Waals surface area contributed by atoms with Crippen molar-refractivity contribution in [2.24, 2.45) is 7.05 Å². The van der Waals surface area contributed by atoms with Gasteiger partial charge in [0.15, 0.2) is 0 Å². The number of aryl methyl sites for hydroxylation is 2. The Hall–Kier alpha value is -2.37. The van der Waals surface area contributed by atoms with E-state index >= 15 is 0 Å². The fraction of sp³-hybridized carbons (Fsp3) is 0.250. The number of amides is 1. The smallest absolute Gasteiger partial charge is 0.238 e. The average Bonchev–Trinajstić information content (AvgIpc) is 2.69. The first-order chi connectivity index (χ1) is 8.65. The monoisotopic (exact) mass is 246 g/mol. The summed E-state index contributed by atoms with van der Waals surface area (Å²) in [5, 5.41) is 6.80. The molecule has 18 heavy (non-hydrogen) atoms. The third-order valence-electron chi connectivity index (χ3n) is 2.56. The maximum Gasteiger partial charge on any atom is 0.238 e. The number of ether oxygens (including phenoxy) is 1. The summed E-state index contributed by atoms with van der Waals surface area (Å²) in [6.45, 7) is 1.92. The van der Waals surface area contributed by atoms with Crippen LogP contribution in [0, 0.1) is 6.92 Å². The van der Waals surface area contributed by atoms with Crippen LogP contribution in [0.1, 0.15) is 5.69 Å². The summed E-state index contributed by atoms with van der Waals surface area (Å²) in [5.74, 6) is 0.378. The number of pyridine rings is 1. The maximum atomic E-state index is 10.4. The summed E-state index contributed by atoms with van der Waals surface area (Å²) in [5.41, 5.74) is 3.13. The van der Waals surface area contributed by atoms with E-state index in [4.69, 9.17) is 4.74 Å². The molecule has 2 aromatic rings. The topological polar surface area (TPSA) is 69.0 Å². The molecule has 0 bridgehead atoms. The predicted molar refractivity (Wildman–Crippen MR) is 67.4 cm³/mol. The Morgan fingerprint density at radius 2 is 2.22 bits per heavy atom. The van der Waals surface area contributed by atoms with Crippen LogP contribution in [-0.2, 0) is 11.8 Å². The second-order valence-corrected chi connectivity index (χ2v) is 3.82. The van der Waals surface area contributed by atoms with Gasteiger partial charge >= 0.3 is 0 Å². The molecule has 6 nitrogen and oxygen atoms in total. The summed E-state index contributed by atoms with van der Waals surface area (Å²) >= 11 is 0. The molecule has 0 saturated heterocycles. The van der Waals surface area contributed by atoms with Crippen LogP contribution >= 0.6 is 0 Å². The van der Waals surface area contributed by atoms with E-state index in [-0.39, 0.29) is 0 Å². The van der Waals surface area contributed by atoms with Crippen LogP contribution < -0.4 is 10.1 Å². The minimum atomic E-state index is 0.378. The number of aromatic nitrogens is 3. The lowest BCUT2D eigenvalue weighted by Crippen LogP contribution is -2.00. The van der Waals surface area contributed by atoms with E-state index < -0.39 is 0 Å². The van der Waals surface area contributed by atoms with E-state index in [1.165, 1.54) is 7.11 Å². The number of carbonyl (C=O) groups excluding carboxylic acids is 1. The van der Waals surface area contributed by atoms with Crippen LogP contribution in [0.15, 0.2) is 18.3 Å². The second kappa shape index (κ2) is 4.87. The molecule has 0 aliphatic heterocycles. The van der Waals surface area contributed by atoms with E-state index in [9.17, 15) is 4.79 Å². The number of methoxy groups -OCH3 is 1. The first kappa shape index (κ1) is 12.1. The average molecular weight is 246 g/mol. The van der Waals surface area contributed by atoms with Crippen molar-refractivity contribution in [1.82, 2.24) is 14.8 Å². The number of nitrogens with one attached hydrogen (secondary N) is 1. The Morgan fingerprint density at radius 3 is 2.78 bits per heavy atom. The number of hydrogen-bond acceptors (Lipinski definition) is 4. The quantitative estimate of drug-likeness (QED) is 0.827. The Morgan fingerprint density at radius 1 is 1.44 bits per heavy atom. The zero-order valence-electron chi connectivity index (χ0n) is 10.5. The van der Waals surface area contributed by atoms with Gasteiger partial charge in [0, 0.05) is 18.8 Å². The molecule has 0 aromatic carbocycles. The van der Waals surface area contributed by atoms with Crippen molar-refractivity contribution in [1.29, 1.82) is 0 Å². The zero-order chi connectivity index (χ0) is 13.1. The highest BCUT2D eigenvalue weighted by atomic mass is 16.5. The minimum Gasteiger partial charge on any atom is -0.479 e. The standard InChI is InChI=1S/C12H14N4O2/c1-8-9(6-16(2)15-8)10-4-5-11(13-7-17)12(14-10)18-3/h4-7H,1-3H3,(H,13,17). The molecule has 2 heterocycles. The van der Waals surface area contributed by atoms with Gasteiger partial charge < -0.3 is 10.1 Å². The van der Waals surface area contributed by atoms with E-state index in [0.29, 0.717) is 18.0 Å². The lowest BCUT2D eigenvalue weighted by molar-refractivity contribution is -0.105. The van der Waals surface area contributed by atoms with Crippen LogP contribution in [-0.4, -0.2) is 28.3 Å². The van der Waals surface area contributed by atoms with Crippen LogP contribution in [0.25, 0.3) is 11.3 Å². The molecule has 1 N–H and O–H groups in total. The van der Waals surface area contributed by atoms with Crippen molar-refractivity contribution in [3.63, 3.8) is 0 Å². The predicted octanol–water partition coefficient (Wildman–Crippen LogP) is 1.37. The number of hydrogen-bond donors (Lipinski definition) is 1. The third kappa shape index (κ3) is 2.17. The van der Waals surface area contributed by atoms with Crippen molar-refractivity contribution >= 4 is 12.1 Å². The number of nitrogens with zero attached hydrogens (tertiary/aromatic N) is 3. The first-order valence-electron chi connectivity index (χ1n) is 5.41. The molecule has 0 radical (unpaired) electrons. The number of carbonyl (C=O) groups is 1. The molecular weight excluding hydrogens is 232 g/mol. The largest absolute Gasteiger partial charge is 0.479 e. The van der Waals surface area contributed by atoms with Gasteiger partial charge in [-0.2, -0.15) is 5.10 Å². The molecule has 1 amide bonds. The molecule has 94 valence electrons. The van der Waals surface area contributed by atoms with Crippen molar-refractivity contribution in [3.05, 3.63) is 24.0 Å². The number of anilines is 1. The van der Waals surface area contributed by atoms with Gasteiger partial charge in [-0.25, -0.2) is 4.98 Å². The van der Waals surface area contributed by atoms with Crippen molar-refractivity contribution in [3.8, 4) is 17.1 Å². The lowest BCUT2D eigenvalue weighted by atomic mass is 10.1. The lowest BCUT2D eigenvalue weighted by Gasteiger charge is -2.07. The maximum absolute atomic E-state index is 10.4. The fourth-order valence-corrected chi connectivity index (χ4v) is 1.77. The van der Waals surface area contributed by atoms with Crippen molar-refractivity contribution < 1.29 is 9.53 Å². The molecule has 0 unspecified atom stereocenters. The normalized spacial score (nSPS) is 10.2. The van der Waals surface area contributed by atoms with E-state index in [2.05, 4.69) is 15.4 Å². The molecule has 0 atom stereocenters. The van der Waals surface area contributed by atoms with Crippen molar-refractivity contribution in [2.75, 3.05) is 12.4 Å². The van der Waals surface area contributed by atoms with Crippen LogP contribution in [0.2, 0.25) is 0 Å². The highest BCUT2D eigenvalue weighted by Crippen LogP contribution is 2.27. The minimum absolute atomic E-state index is 0.378. The molecule has 6 heteroatoms. The van der Waals surface area contributed by atoms with Gasteiger partial charge in [0.2, 0.25) is 12.3 Å². The third-order valence-corrected chi connectivity index (χ3v) is 2.56. The SMILES string of the molecule is COc1nc(-c2cn(C)nc2C)ccc1NC=O. The summed E-state index contributed by atoms with van der Waals surface area (Å²) in [7, 11) is 3.37. The van der Waals surface area contributed by atoms with E-state index in [0.717, 1.165) is 17.0 Å². The Labute approximate surface area is 105 Å². The van der Waals surface area contributed by atoms with Crippen molar-refractivity contribution in [2.45, 2.75) is 6.92 Å². The summed E-state index contributed by atoms with van der Waals surface area (Å²) in [4.78, 5) is 14.8. The van der Waals surface area contributed by atoms with Gasteiger partial charge in [0.25, 0.3) is 0 Å². The summed E-state index contributed by atoms with van der Waals surface area (Å²) in [6.07, 6.45) is 2.48. The van der Waals surface area contributed by atoms with Crippen LogP contribution in [0.4, 0.5) is 5.69 Å². The summed E-state index contributed by atoms with van der Waals surface area (Å²) < 4.78 is 6.88. The molecule has 0 saturated carbocycles. The van der Waals surface area contributed by atoms with Gasteiger partial charge in [0.05, 0.1) is 18.5 Å². The summed E-state index contributed by atoms with van der Waals surface area (Å²) in [6, 6.07) is 3.57. The first-order valence-corrected chi connectivity index (χ1v) is 5.41. The Kier molecular flexibility index (Phi) is 3.27. The van der Waals surface area contributed by atoms with Gasteiger partial charge in [-0.1, -0.05) is 0 Å². The van der Waals surface area contributed by atoms with E-state index in [1.54, 1.807) is 10.7 Å². The van der Waals surface area contributed by atoms with Crippen LogP contribution in [0.5, 0.6) is 5.88 Å². The Balaban J connectivity index is 2.47. The molecular formula is C12H14N4O2. The van der Waals surface area contributed by atoms with Gasteiger partial charge in [0.1, 0.15) is 5.69 Å². The second-order valence-electron chi connectivity index (χ2n) is 3.82. The molecule has 0 spiro atoms. The zero-order valence-corrected chi connectivity index (χ0v) is 10.5. The molecule has 0 aliphatic rings. The highest BCUT2D eigenvalue weighted by Gasteiger charge is 2.11. The van der Waals surface area contributed by atoms with Crippen LogP contribution in [0.3, 0.4) is 0 Å². The number of rotatable bonds is 4. The molecule has 0 aliphatic carbocycles. The van der Waals surface area contributed by atoms with Gasteiger partial charge in [-0.3, -0.25) is 9.48 Å². The van der Waals surface area contributed by atoms with Gasteiger partial charge in [-0.05, 0) is 19.1 Å². The Bertz CT molecular complexity index is 577. The molecule has 2 rings (SSSR count). The van der Waals surface area contributed by atoms with Gasteiger partial charge in [-0.15, -0.1) is 0 Å². The highest BCUT2D eigenvalue weighted by molar-refractivity contribution is 5.76. The van der Waals surface area contributed by atoms with E-state index in [1.807, 2.05) is 26.2 Å². The molecule has 2 aromatic heterocycles. The molecule has 0 fully saturated rings. The fourth-order valence-electron chi connectivity index (χ4n) is 1.77.